The molecular formula is C28H31NO7. The number of Topliss-reactive ketones (excluding diaryl/α,β-unsaturated/α-hetero) is 1. The largest absolute Gasteiger partial charge is 0.497 e. The van der Waals surface area contributed by atoms with E-state index in [2.05, 4.69) is 11.4 Å². The van der Waals surface area contributed by atoms with Crippen LogP contribution in [0.1, 0.15) is 36.3 Å². The molecule has 8 heteroatoms. The lowest BCUT2D eigenvalue weighted by molar-refractivity contribution is -0.136. The minimum absolute atomic E-state index is 0.00330. The first-order chi connectivity index (χ1) is 17.4. The Morgan fingerprint density at radius 3 is 2.19 bits per heavy atom. The Morgan fingerprint density at radius 2 is 1.56 bits per heavy atom. The molecule has 36 heavy (non-hydrogen) atoms. The molecule has 1 aliphatic heterocycles. The second-order valence-electron chi connectivity index (χ2n) is 8.73. The first-order valence-corrected chi connectivity index (χ1v) is 11.6. The van der Waals surface area contributed by atoms with Gasteiger partial charge >= 0.3 is 5.97 Å². The van der Waals surface area contributed by atoms with Gasteiger partial charge in [0.2, 0.25) is 0 Å². The van der Waals surface area contributed by atoms with Gasteiger partial charge in [-0.3, -0.25) is 4.79 Å². The number of ether oxygens (including phenoxy) is 5. The zero-order valence-electron chi connectivity index (χ0n) is 21.3. The van der Waals surface area contributed by atoms with E-state index in [-0.39, 0.29) is 18.1 Å². The molecule has 2 aromatic rings. The molecule has 0 aromatic heterocycles. The molecule has 0 radical (unpaired) electrons. The van der Waals surface area contributed by atoms with E-state index in [1.807, 2.05) is 31.2 Å². The molecule has 4 rings (SSSR count). The second kappa shape index (κ2) is 10.4. The molecule has 0 bridgehead atoms. The predicted octanol–water partition coefficient (Wildman–Crippen LogP) is 4.11. The number of allylic oxidation sites excluding steroid dienone is 3. The maximum Gasteiger partial charge on any atom is 0.336 e. The molecule has 3 unspecified atom stereocenters. The predicted molar refractivity (Wildman–Crippen MR) is 134 cm³/mol. The Morgan fingerprint density at radius 1 is 0.861 bits per heavy atom. The van der Waals surface area contributed by atoms with Crippen LogP contribution in [0, 0.1) is 5.92 Å². The third-order valence-corrected chi connectivity index (χ3v) is 6.88. The Hall–Kier alpha value is -3.94. The van der Waals surface area contributed by atoms with Crippen molar-refractivity contribution < 1.29 is 33.3 Å². The van der Waals surface area contributed by atoms with Crippen LogP contribution in [0.4, 0.5) is 0 Å². The SMILES string of the molecule is COC(=O)C1=C(C)NC2=CC(c3ccc(OC)c(OC)c3)CC(=O)C2C1c1cc(OC)ccc1OC. The van der Waals surface area contributed by atoms with Gasteiger partial charge in [-0.25, -0.2) is 4.79 Å². The maximum atomic E-state index is 13.8. The standard InChI is InChI=1S/C28H31NO7/c1-15-25(28(31)36-6)26(19-14-18(32-2)8-10-22(19)33-3)27-20(29-15)11-17(12-21(27)30)16-7-9-23(34-4)24(13-16)35-5/h7-11,13-14,17,26-27,29H,12H2,1-6H3. The number of ketones is 1. The first kappa shape index (κ1) is 25.2. The summed E-state index contributed by atoms with van der Waals surface area (Å²) < 4.78 is 27.0. The number of fused-ring (bicyclic) bond motifs is 1. The third kappa shape index (κ3) is 4.39. The number of esters is 1. The zero-order valence-corrected chi connectivity index (χ0v) is 21.3. The van der Waals surface area contributed by atoms with Crippen molar-refractivity contribution in [3.05, 3.63) is 70.6 Å². The molecule has 1 N–H and O–H groups in total. The van der Waals surface area contributed by atoms with E-state index in [1.54, 1.807) is 40.6 Å². The van der Waals surface area contributed by atoms with Crippen LogP contribution in [0.3, 0.4) is 0 Å². The quantitative estimate of drug-likeness (QED) is 0.576. The maximum absolute atomic E-state index is 13.8. The normalized spacial score (nSPS) is 21.1. The summed E-state index contributed by atoms with van der Waals surface area (Å²) in [6.45, 7) is 1.81. The van der Waals surface area contributed by atoms with Crippen LogP contribution < -0.4 is 24.3 Å². The topological polar surface area (TPSA) is 92.3 Å². The van der Waals surface area contributed by atoms with Gasteiger partial charge < -0.3 is 29.0 Å². The number of nitrogens with one attached hydrogen (secondary N) is 1. The van der Waals surface area contributed by atoms with Crippen molar-refractivity contribution in [1.29, 1.82) is 0 Å². The average molecular weight is 494 g/mol. The summed E-state index contributed by atoms with van der Waals surface area (Å²) in [6, 6.07) is 11.0. The highest BCUT2D eigenvalue weighted by molar-refractivity contribution is 5.96. The molecule has 0 saturated carbocycles. The van der Waals surface area contributed by atoms with Crippen LogP contribution in [0.25, 0.3) is 0 Å². The van der Waals surface area contributed by atoms with Crippen molar-refractivity contribution in [2.24, 2.45) is 5.92 Å². The van der Waals surface area contributed by atoms with Crippen molar-refractivity contribution >= 4 is 11.8 Å². The highest BCUT2D eigenvalue weighted by Gasteiger charge is 2.46. The van der Waals surface area contributed by atoms with Crippen LogP contribution in [0.15, 0.2) is 59.4 Å². The van der Waals surface area contributed by atoms with Crippen LogP contribution in [0.2, 0.25) is 0 Å². The van der Waals surface area contributed by atoms with Gasteiger partial charge in [0.15, 0.2) is 11.5 Å². The summed E-state index contributed by atoms with van der Waals surface area (Å²) in [4.78, 5) is 26.8. The number of hydrogen-bond acceptors (Lipinski definition) is 8. The second-order valence-corrected chi connectivity index (χ2v) is 8.73. The molecule has 0 spiro atoms. The molecule has 3 atom stereocenters. The summed E-state index contributed by atoms with van der Waals surface area (Å²) in [5, 5.41) is 3.32. The summed E-state index contributed by atoms with van der Waals surface area (Å²) >= 11 is 0. The minimum Gasteiger partial charge on any atom is -0.497 e. The van der Waals surface area contributed by atoms with Crippen LogP contribution in [0.5, 0.6) is 23.0 Å². The van der Waals surface area contributed by atoms with E-state index < -0.39 is 17.8 Å². The molecule has 2 aromatic carbocycles. The van der Waals surface area contributed by atoms with Gasteiger partial charge in [0, 0.05) is 35.2 Å². The van der Waals surface area contributed by atoms with Crippen molar-refractivity contribution in [3.63, 3.8) is 0 Å². The minimum atomic E-state index is -0.611. The third-order valence-electron chi connectivity index (χ3n) is 6.88. The summed E-state index contributed by atoms with van der Waals surface area (Å²) in [6.07, 6.45) is 2.33. The van der Waals surface area contributed by atoms with Gasteiger partial charge in [0.25, 0.3) is 0 Å². The summed E-state index contributed by atoms with van der Waals surface area (Å²) in [5.41, 5.74) is 3.38. The molecule has 1 aliphatic carbocycles. The number of benzene rings is 2. The van der Waals surface area contributed by atoms with Gasteiger partial charge in [-0.15, -0.1) is 0 Å². The number of rotatable bonds is 7. The molecule has 2 aliphatic rings. The Labute approximate surface area is 210 Å². The lowest BCUT2D eigenvalue weighted by Gasteiger charge is -2.39. The monoisotopic (exact) mass is 493 g/mol. The molecule has 0 amide bonds. The summed E-state index contributed by atoms with van der Waals surface area (Å²) in [7, 11) is 7.64. The van der Waals surface area contributed by atoms with Crippen LogP contribution in [-0.2, 0) is 14.3 Å². The Balaban J connectivity index is 1.86. The number of carbonyl (C=O) groups excluding carboxylic acids is 2. The fourth-order valence-electron chi connectivity index (χ4n) is 5.17. The van der Waals surface area contributed by atoms with E-state index in [4.69, 9.17) is 23.7 Å². The molecule has 1 heterocycles. The Bertz CT molecular complexity index is 1250. The fourth-order valence-corrected chi connectivity index (χ4v) is 5.17. The van der Waals surface area contributed by atoms with Crippen LogP contribution in [-0.4, -0.2) is 47.3 Å². The molecule has 8 nitrogen and oxygen atoms in total. The first-order valence-electron chi connectivity index (χ1n) is 11.6. The zero-order chi connectivity index (χ0) is 26.0. The molecular weight excluding hydrogens is 462 g/mol. The lowest BCUT2D eigenvalue weighted by Crippen LogP contribution is -2.42. The molecule has 190 valence electrons. The van der Waals surface area contributed by atoms with Gasteiger partial charge in [0.1, 0.15) is 17.3 Å². The van der Waals surface area contributed by atoms with E-state index >= 15 is 0 Å². The Kier molecular flexibility index (Phi) is 7.24. The van der Waals surface area contributed by atoms with Gasteiger partial charge in [-0.05, 0) is 42.8 Å². The molecule has 0 saturated heterocycles. The van der Waals surface area contributed by atoms with Gasteiger partial charge in [0.05, 0.1) is 47.0 Å². The fraction of sp³-hybridized carbons (Fsp3) is 0.357. The van der Waals surface area contributed by atoms with Crippen molar-refractivity contribution in [1.82, 2.24) is 5.32 Å². The van der Waals surface area contributed by atoms with E-state index in [0.717, 1.165) is 11.3 Å². The van der Waals surface area contributed by atoms with E-state index in [9.17, 15) is 9.59 Å². The lowest BCUT2D eigenvalue weighted by atomic mass is 9.68. The molecule has 0 fully saturated rings. The van der Waals surface area contributed by atoms with Gasteiger partial charge in [-0.2, -0.15) is 0 Å². The van der Waals surface area contributed by atoms with Crippen molar-refractivity contribution in [2.45, 2.75) is 25.2 Å². The number of carbonyl (C=O) groups is 2. The summed E-state index contributed by atoms with van der Waals surface area (Å²) in [5.74, 6) is 0.506. The number of hydrogen-bond donors (Lipinski definition) is 1. The van der Waals surface area contributed by atoms with Gasteiger partial charge in [-0.1, -0.05) is 12.1 Å². The van der Waals surface area contributed by atoms with Crippen molar-refractivity contribution in [2.75, 3.05) is 35.5 Å². The van der Waals surface area contributed by atoms with E-state index in [1.165, 1.54) is 7.11 Å². The van der Waals surface area contributed by atoms with E-state index in [0.29, 0.717) is 39.8 Å². The highest BCUT2D eigenvalue weighted by atomic mass is 16.5. The van der Waals surface area contributed by atoms with Crippen LogP contribution >= 0.6 is 0 Å². The highest BCUT2D eigenvalue weighted by Crippen LogP contribution is 2.49. The number of methoxy groups -OCH3 is 5. The average Bonchev–Trinajstić information content (AvgIpc) is 2.90. The van der Waals surface area contributed by atoms with Crippen molar-refractivity contribution in [3.8, 4) is 23.0 Å². The smallest absolute Gasteiger partial charge is 0.336 e.